The van der Waals surface area contributed by atoms with Crippen molar-refractivity contribution in [2.75, 3.05) is 13.1 Å². The number of carbonyl (C=O) groups is 1. The fraction of sp³-hybridized carbons (Fsp3) is 0.381. The number of ether oxygens (including phenoxy) is 1. The van der Waals surface area contributed by atoms with Crippen LogP contribution in [0.3, 0.4) is 0 Å². The molecular weight excluding hydrogens is 380 g/mol. The molecule has 0 spiro atoms. The number of piperidine rings is 1. The fourth-order valence-corrected chi connectivity index (χ4v) is 3.72. The van der Waals surface area contributed by atoms with E-state index in [1.165, 1.54) is 23.8 Å². The number of benzene rings is 2. The summed E-state index contributed by atoms with van der Waals surface area (Å²) < 4.78 is 5.67. The number of non-ortho nitro benzene ring substituents is 1. The van der Waals surface area contributed by atoms with E-state index in [0.29, 0.717) is 19.0 Å². The number of nitro groups is 1. The highest BCUT2D eigenvalue weighted by molar-refractivity contribution is 6.32. The van der Waals surface area contributed by atoms with Crippen LogP contribution in [-0.4, -0.2) is 34.9 Å². The van der Waals surface area contributed by atoms with Gasteiger partial charge in [0.2, 0.25) is 0 Å². The molecule has 0 N–H and O–H groups in total. The number of carbonyl (C=O) groups excluding carboxylic acids is 1. The third-order valence-corrected chi connectivity index (χ3v) is 5.37. The topological polar surface area (TPSA) is 72.7 Å². The predicted octanol–water partition coefficient (Wildman–Crippen LogP) is 4.50. The minimum Gasteiger partial charge on any atom is -0.479 e. The monoisotopic (exact) mass is 402 g/mol. The molecule has 0 aromatic heterocycles. The summed E-state index contributed by atoms with van der Waals surface area (Å²) in [6.07, 6.45) is 2.26. The maximum atomic E-state index is 12.7. The van der Waals surface area contributed by atoms with E-state index < -0.39 is 11.0 Å². The first kappa shape index (κ1) is 20.1. The Bertz CT molecular complexity index is 836. The number of nitrogens with zero attached hydrogens (tertiary/aromatic N) is 2. The largest absolute Gasteiger partial charge is 0.479 e. The van der Waals surface area contributed by atoms with Crippen molar-refractivity contribution in [1.29, 1.82) is 0 Å². The predicted molar refractivity (Wildman–Crippen MR) is 108 cm³/mol. The minimum atomic E-state index is -0.704. The summed E-state index contributed by atoms with van der Waals surface area (Å²) in [5.74, 6) is 0.756. The summed E-state index contributed by atoms with van der Waals surface area (Å²) in [6, 6.07) is 14.4. The number of likely N-dealkylation sites (tertiary alicyclic amines) is 1. The van der Waals surface area contributed by atoms with Crippen LogP contribution >= 0.6 is 11.6 Å². The summed E-state index contributed by atoms with van der Waals surface area (Å²) in [5, 5.41) is 10.9. The zero-order valence-electron chi connectivity index (χ0n) is 15.7. The molecule has 0 unspecified atom stereocenters. The number of hydrogen-bond acceptors (Lipinski definition) is 4. The van der Waals surface area contributed by atoms with Gasteiger partial charge in [-0.05, 0) is 43.7 Å². The van der Waals surface area contributed by atoms with E-state index in [0.717, 1.165) is 19.3 Å². The maximum Gasteiger partial charge on any atom is 0.271 e. The lowest BCUT2D eigenvalue weighted by molar-refractivity contribution is -0.384. The zero-order valence-corrected chi connectivity index (χ0v) is 16.5. The Labute approximate surface area is 169 Å². The molecule has 7 heteroatoms. The van der Waals surface area contributed by atoms with Gasteiger partial charge in [0, 0.05) is 25.2 Å². The van der Waals surface area contributed by atoms with Crippen molar-refractivity contribution in [2.45, 2.75) is 32.3 Å². The lowest BCUT2D eigenvalue weighted by Gasteiger charge is -2.33. The van der Waals surface area contributed by atoms with Crippen LogP contribution < -0.4 is 4.74 Å². The Kier molecular flexibility index (Phi) is 6.52. The molecule has 0 saturated carbocycles. The molecule has 148 valence electrons. The summed E-state index contributed by atoms with van der Waals surface area (Å²) in [5.41, 5.74) is 1.22. The molecule has 1 atom stereocenters. The molecule has 0 bridgehead atoms. The molecule has 2 aromatic carbocycles. The fourth-order valence-electron chi connectivity index (χ4n) is 3.50. The molecular formula is C21H23ClN2O4. The van der Waals surface area contributed by atoms with Crippen molar-refractivity contribution in [3.8, 4) is 5.75 Å². The van der Waals surface area contributed by atoms with Crippen LogP contribution in [0.25, 0.3) is 0 Å². The Morgan fingerprint density at radius 2 is 1.93 bits per heavy atom. The van der Waals surface area contributed by atoms with Crippen molar-refractivity contribution in [3.63, 3.8) is 0 Å². The van der Waals surface area contributed by atoms with Crippen LogP contribution in [0.5, 0.6) is 5.75 Å². The summed E-state index contributed by atoms with van der Waals surface area (Å²) in [4.78, 5) is 24.8. The van der Waals surface area contributed by atoms with Gasteiger partial charge in [-0.3, -0.25) is 14.9 Å². The second-order valence-electron chi connectivity index (χ2n) is 7.09. The number of hydrogen-bond donors (Lipinski definition) is 0. The molecule has 1 amide bonds. The molecule has 2 aromatic rings. The zero-order chi connectivity index (χ0) is 20.1. The highest BCUT2D eigenvalue weighted by Crippen LogP contribution is 2.30. The first-order valence-electron chi connectivity index (χ1n) is 9.37. The van der Waals surface area contributed by atoms with E-state index in [4.69, 9.17) is 16.3 Å². The summed E-state index contributed by atoms with van der Waals surface area (Å²) in [6.45, 7) is 3.09. The number of nitro benzene ring substituents is 1. The molecule has 1 fully saturated rings. The van der Waals surface area contributed by atoms with Crippen LogP contribution in [0.15, 0.2) is 48.5 Å². The van der Waals surface area contributed by atoms with E-state index in [1.54, 1.807) is 6.92 Å². The van der Waals surface area contributed by atoms with E-state index in [1.807, 2.05) is 11.0 Å². The van der Waals surface area contributed by atoms with Gasteiger partial charge in [-0.25, -0.2) is 0 Å². The second kappa shape index (κ2) is 9.06. The normalized spacial score (nSPS) is 15.9. The van der Waals surface area contributed by atoms with E-state index in [9.17, 15) is 14.9 Å². The molecule has 0 aliphatic carbocycles. The quantitative estimate of drug-likeness (QED) is 0.526. The average Bonchev–Trinajstić information content (AvgIpc) is 2.70. The summed E-state index contributed by atoms with van der Waals surface area (Å²) >= 11 is 6.05. The van der Waals surface area contributed by atoms with E-state index in [2.05, 4.69) is 24.3 Å². The van der Waals surface area contributed by atoms with Gasteiger partial charge in [0.05, 0.1) is 9.95 Å². The summed E-state index contributed by atoms with van der Waals surface area (Å²) in [7, 11) is 0. The van der Waals surface area contributed by atoms with Crippen LogP contribution in [0.4, 0.5) is 5.69 Å². The number of amides is 1. The molecule has 1 saturated heterocycles. The SMILES string of the molecule is C[C@H](Oc1ccc([N+](=O)[O-])cc1Cl)C(=O)N1CCC(Cc2ccccc2)CC1. The second-order valence-corrected chi connectivity index (χ2v) is 7.50. The van der Waals surface area contributed by atoms with Crippen molar-refractivity contribution >= 4 is 23.2 Å². The van der Waals surface area contributed by atoms with Gasteiger partial charge in [-0.1, -0.05) is 41.9 Å². The average molecular weight is 403 g/mol. The Hall–Kier alpha value is -2.60. The van der Waals surface area contributed by atoms with Gasteiger partial charge < -0.3 is 9.64 Å². The third-order valence-electron chi connectivity index (χ3n) is 5.07. The Balaban J connectivity index is 1.52. The Morgan fingerprint density at radius 3 is 2.54 bits per heavy atom. The molecule has 1 aliphatic heterocycles. The highest BCUT2D eigenvalue weighted by atomic mass is 35.5. The van der Waals surface area contributed by atoms with Gasteiger partial charge >= 0.3 is 0 Å². The minimum absolute atomic E-state index is 0.0902. The lowest BCUT2D eigenvalue weighted by Crippen LogP contribution is -2.45. The molecule has 6 nitrogen and oxygen atoms in total. The highest BCUT2D eigenvalue weighted by Gasteiger charge is 2.27. The van der Waals surface area contributed by atoms with Crippen molar-refractivity contribution in [3.05, 3.63) is 69.2 Å². The van der Waals surface area contributed by atoms with Gasteiger partial charge in [0.15, 0.2) is 6.10 Å². The van der Waals surface area contributed by atoms with E-state index >= 15 is 0 Å². The van der Waals surface area contributed by atoms with Gasteiger partial charge in [-0.15, -0.1) is 0 Å². The van der Waals surface area contributed by atoms with Crippen LogP contribution in [0, 0.1) is 16.0 Å². The van der Waals surface area contributed by atoms with Crippen LogP contribution in [0.1, 0.15) is 25.3 Å². The van der Waals surface area contributed by atoms with Crippen molar-refractivity contribution in [1.82, 2.24) is 4.90 Å². The lowest BCUT2D eigenvalue weighted by atomic mass is 9.90. The van der Waals surface area contributed by atoms with Crippen LogP contribution in [-0.2, 0) is 11.2 Å². The van der Waals surface area contributed by atoms with Gasteiger partial charge in [0.1, 0.15) is 5.75 Å². The smallest absolute Gasteiger partial charge is 0.271 e. The standard InChI is InChI=1S/C21H23ClN2O4/c1-15(28-20-8-7-18(24(26)27)14-19(20)22)21(25)23-11-9-17(10-12-23)13-16-5-3-2-4-6-16/h2-8,14-15,17H,9-13H2,1H3/t15-/m0/s1. The van der Waals surface area contributed by atoms with Gasteiger partial charge in [-0.2, -0.15) is 0 Å². The third kappa shape index (κ3) is 5.01. The van der Waals surface area contributed by atoms with Crippen molar-refractivity contribution < 1.29 is 14.5 Å². The molecule has 3 rings (SSSR count). The van der Waals surface area contributed by atoms with Gasteiger partial charge in [0.25, 0.3) is 11.6 Å². The molecule has 0 radical (unpaired) electrons. The maximum absolute atomic E-state index is 12.7. The molecule has 1 aliphatic rings. The van der Waals surface area contributed by atoms with Crippen molar-refractivity contribution in [2.24, 2.45) is 5.92 Å². The van der Waals surface area contributed by atoms with Crippen LogP contribution in [0.2, 0.25) is 5.02 Å². The van der Waals surface area contributed by atoms with E-state index in [-0.39, 0.29) is 22.4 Å². The Morgan fingerprint density at radius 1 is 1.25 bits per heavy atom. The molecule has 1 heterocycles. The number of halogens is 1. The number of rotatable bonds is 6. The first-order chi connectivity index (χ1) is 13.4. The first-order valence-corrected chi connectivity index (χ1v) is 9.75. The molecule has 28 heavy (non-hydrogen) atoms.